The zero-order valence-corrected chi connectivity index (χ0v) is 15.0. The van der Waals surface area contributed by atoms with Gasteiger partial charge in [-0.05, 0) is 62.7 Å². The van der Waals surface area contributed by atoms with Crippen LogP contribution in [0.4, 0.5) is 0 Å². The van der Waals surface area contributed by atoms with Crippen LogP contribution < -0.4 is 0 Å². The SMILES string of the molecule is CN1CCCC1Cc1cn(S(=O)(=O)c2ccccc2)c2cccnc12. The number of benzene rings is 1. The molecule has 3 aromatic rings. The molecule has 4 rings (SSSR count). The summed E-state index contributed by atoms with van der Waals surface area (Å²) in [7, 11) is -1.50. The third-order valence-corrected chi connectivity index (χ3v) is 6.72. The molecule has 1 aliphatic rings. The Morgan fingerprint density at radius 3 is 2.68 bits per heavy atom. The van der Waals surface area contributed by atoms with Gasteiger partial charge in [-0.15, -0.1) is 0 Å². The average Bonchev–Trinajstić information content (AvgIpc) is 3.21. The summed E-state index contributed by atoms with van der Waals surface area (Å²) in [5.74, 6) is 0. The number of aromatic nitrogens is 2. The Kier molecular flexibility index (Phi) is 4.09. The fraction of sp³-hybridized carbons (Fsp3) is 0.316. The van der Waals surface area contributed by atoms with Crippen LogP contribution in [0.15, 0.2) is 59.8 Å². The van der Waals surface area contributed by atoms with Crippen LogP contribution in [0.5, 0.6) is 0 Å². The molecule has 0 saturated carbocycles. The lowest BCUT2D eigenvalue weighted by atomic mass is 10.1. The van der Waals surface area contributed by atoms with E-state index in [9.17, 15) is 8.42 Å². The van der Waals surface area contributed by atoms with E-state index in [4.69, 9.17) is 0 Å². The van der Waals surface area contributed by atoms with Gasteiger partial charge in [-0.3, -0.25) is 4.98 Å². The first-order valence-corrected chi connectivity index (χ1v) is 9.97. The number of fused-ring (bicyclic) bond motifs is 1. The predicted octanol–water partition coefficient (Wildman–Crippen LogP) is 2.91. The number of rotatable bonds is 4. The van der Waals surface area contributed by atoms with Crippen LogP contribution in [0, 0.1) is 0 Å². The highest BCUT2D eigenvalue weighted by molar-refractivity contribution is 7.90. The molecule has 1 aliphatic heterocycles. The van der Waals surface area contributed by atoms with Crippen LogP contribution in [0.1, 0.15) is 18.4 Å². The Bertz CT molecular complexity index is 996. The van der Waals surface area contributed by atoms with E-state index in [0.717, 1.165) is 30.5 Å². The standard InChI is InChI=1S/C19H21N3O2S/c1-21-12-6-7-16(21)13-15-14-22(18-10-5-11-20-19(15)18)25(23,24)17-8-3-2-4-9-17/h2-5,8-11,14,16H,6-7,12-13H2,1H3. The first-order valence-electron chi connectivity index (χ1n) is 8.53. The minimum Gasteiger partial charge on any atom is -0.303 e. The van der Waals surface area contributed by atoms with E-state index in [1.165, 1.54) is 10.4 Å². The average molecular weight is 355 g/mol. The van der Waals surface area contributed by atoms with Crippen molar-refractivity contribution in [1.82, 2.24) is 13.9 Å². The van der Waals surface area contributed by atoms with Crippen molar-refractivity contribution in [3.05, 3.63) is 60.4 Å². The second-order valence-electron chi connectivity index (χ2n) is 6.62. The molecular weight excluding hydrogens is 334 g/mol. The molecule has 0 radical (unpaired) electrons. The minimum atomic E-state index is -3.63. The van der Waals surface area contributed by atoms with E-state index in [-0.39, 0.29) is 0 Å². The van der Waals surface area contributed by atoms with E-state index >= 15 is 0 Å². The Labute approximate surface area is 148 Å². The van der Waals surface area contributed by atoms with Gasteiger partial charge in [0.2, 0.25) is 0 Å². The van der Waals surface area contributed by atoms with Gasteiger partial charge in [0.05, 0.1) is 15.9 Å². The number of pyridine rings is 1. The van der Waals surface area contributed by atoms with Crippen molar-refractivity contribution in [3.63, 3.8) is 0 Å². The third-order valence-electron chi connectivity index (χ3n) is 5.03. The van der Waals surface area contributed by atoms with E-state index < -0.39 is 10.0 Å². The van der Waals surface area contributed by atoms with Gasteiger partial charge in [-0.2, -0.15) is 0 Å². The Morgan fingerprint density at radius 2 is 1.96 bits per heavy atom. The van der Waals surface area contributed by atoms with Gasteiger partial charge in [0.25, 0.3) is 10.0 Å². The number of nitrogens with zero attached hydrogens (tertiary/aromatic N) is 3. The summed E-state index contributed by atoms with van der Waals surface area (Å²) >= 11 is 0. The highest BCUT2D eigenvalue weighted by Gasteiger charge is 2.26. The molecule has 0 amide bonds. The molecule has 5 nitrogen and oxygen atoms in total. The number of likely N-dealkylation sites (tertiary alicyclic amines) is 1. The maximum absolute atomic E-state index is 13.1. The monoisotopic (exact) mass is 355 g/mol. The molecule has 1 saturated heterocycles. The summed E-state index contributed by atoms with van der Waals surface area (Å²) in [6.07, 6.45) is 6.63. The third kappa shape index (κ3) is 2.85. The van der Waals surface area contributed by atoms with E-state index in [0.29, 0.717) is 16.5 Å². The molecule has 2 aromatic heterocycles. The summed E-state index contributed by atoms with van der Waals surface area (Å²) in [6.45, 7) is 1.10. The van der Waals surface area contributed by atoms with Gasteiger partial charge in [0, 0.05) is 18.4 Å². The minimum absolute atomic E-state index is 0.292. The zero-order chi connectivity index (χ0) is 17.4. The van der Waals surface area contributed by atoms with Gasteiger partial charge >= 0.3 is 0 Å². The summed E-state index contributed by atoms with van der Waals surface area (Å²) in [6, 6.07) is 12.6. The molecule has 0 aliphatic carbocycles. The largest absolute Gasteiger partial charge is 0.303 e. The molecule has 25 heavy (non-hydrogen) atoms. The second-order valence-corrected chi connectivity index (χ2v) is 8.44. The van der Waals surface area contributed by atoms with Crippen LogP contribution in [0.2, 0.25) is 0 Å². The maximum atomic E-state index is 13.1. The lowest BCUT2D eigenvalue weighted by Crippen LogP contribution is -2.26. The quantitative estimate of drug-likeness (QED) is 0.722. The van der Waals surface area contributed by atoms with Crippen LogP contribution in [-0.2, 0) is 16.4 Å². The second kappa shape index (κ2) is 6.28. The van der Waals surface area contributed by atoms with E-state index in [1.54, 1.807) is 42.7 Å². The summed E-state index contributed by atoms with van der Waals surface area (Å²) in [5, 5.41) is 0. The van der Waals surface area contributed by atoms with E-state index in [2.05, 4.69) is 16.9 Å². The summed E-state index contributed by atoms with van der Waals surface area (Å²) < 4.78 is 27.6. The predicted molar refractivity (Wildman–Crippen MR) is 98.1 cm³/mol. The van der Waals surface area contributed by atoms with Crippen LogP contribution in [0.3, 0.4) is 0 Å². The van der Waals surface area contributed by atoms with Crippen molar-refractivity contribution >= 4 is 21.1 Å². The Balaban J connectivity index is 1.83. The summed E-state index contributed by atoms with van der Waals surface area (Å²) in [4.78, 5) is 7.11. The van der Waals surface area contributed by atoms with Gasteiger partial charge < -0.3 is 4.90 Å². The summed E-state index contributed by atoms with van der Waals surface area (Å²) in [5.41, 5.74) is 2.41. The van der Waals surface area contributed by atoms with Crippen molar-refractivity contribution in [2.45, 2.75) is 30.2 Å². The zero-order valence-electron chi connectivity index (χ0n) is 14.2. The smallest absolute Gasteiger partial charge is 0.268 e. The van der Waals surface area contributed by atoms with Crippen LogP contribution in [0.25, 0.3) is 11.0 Å². The van der Waals surface area contributed by atoms with Crippen LogP contribution in [-0.4, -0.2) is 41.9 Å². The molecule has 0 bridgehead atoms. The molecule has 6 heteroatoms. The number of hydrogen-bond donors (Lipinski definition) is 0. The molecule has 0 N–H and O–H groups in total. The fourth-order valence-corrected chi connectivity index (χ4v) is 5.04. The molecule has 3 heterocycles. The van der Waals surface area contributed by atoms with E-state index in [1.807, 2.05) is 12.1 Å². The van der Waals surface area contributed by atoms with Crippen molar-refractivity contribution in [2.24, 2.45) is 0 Å². The molecule has 1 aromatic carbocycles. The number of hydrogen-bond acceptors (Lipinski definition) is 4. The molecule has 1 fully saturated rings. The molecule has 0 spiro atoms. The molecule has 1 unspecified atom stereocenters. The fourth-order valence-electron chi connectivity index (χ4n) is 3.64. The topological polar surface area (TPSA) is 55.2 Å². The highest BCUT2D eigenvalue weighted by Crippen LogP contribution is 2.28. The number of likely N-dealkylation sites (N-methyl/N-ethyl adjacent to an activating group) is 1. The van der Waals surface area contributed by atoms with Crippen molar-refractivity contribution < 1.29 is 8.42 Å². The Morgan fingerprint density at radius 1 is 1.16 bits per heavy atom. The maximum Gasteiger partial charge on any atom is 0.268 e. The normalized spacial score (nSPS) is 18.8. The van der Waals surface area contributed by atoms with Gasteiger partial charge in [-0.25, -0.2) is 12.4 Å². The lowest BCUT2D eigenvalue weighted by molar-refractivity contribution is 0.309. The Hall–Kier alpha value is -2.18. The van der Waals surface area contributed by atoms with Gasteiger partial charge in [0.15, 0.2) is 0 Å². The first-order chi connectivity index (χ1) is 12.1. The van der Waals surface area contributed by atoms with Gasteiger partial charge in [0.1, 0.15) is 0 Å². The van der Waals surface area contributed by atoms with Crippen LogP contribution >= 0.6 is 0 Å². The first kappa shape index (κ1) is 16.3. The molecule has 130 valence electrons. The van der Waals surface area contributed by atoms with Crippen molar-refractivity contribution in [1.29, 1.82) is 0 Å². The molecule has 1 atom stereocenters. The highest BCUT2D eigenvalue weighted by atomic mass is 32.2. The lowest BCUT2D eigenvalue weighted by Gasteiger charge is -2.18. The van der Waals surface area contributed by atoms with Crippen molar-refractivity contribution in [3.8, 4) is 0 Å². The molecular formula is C19H21N3O2S. The van der Waals surface area contributed by atoms with Crippen molar-refractivity contribution in [2.75, 3.05) is 13.6 Å². The van der Waals surface area contributed by atoms with Gasteiger partial charge in [-0.1, -0.05) is 18.2 Å².